The molecular formula is C16H23N3O2. The van der Waals surface area contributed by atoms with Crippen molar-refractivity contribution < 1.29 is 9.53 Å². The summed E-state index contributed by atoms with van der Waals surface area (Å²) in [5, 5.41) is 8.21. The second kappa shape index (κ2) is 5.39. The van der Waals surface area contributed by atoms with E-state index in [1.54, 1.807) is 4.68 Å². The van der Waals surface area contributed by atoms with Crippen LogP contribution in [0.15, 0.2) is 18.2 Å². The molecule has 21 heavy (non-hydrogen) atoms. The number of hydrogen-bond acceptors (Lipinski definition) is 3. The lowest BCUT2D eigenvalue weighted by atomic mass is 9.95. The van der Waals surface area contributed by atoms with E-state index in [0.717, 1.165) is 16.6 Å². The summed E-state index contributed by atoms with van der Waals surface area (Å²) in [5.41, 5.74) is 1.30. The minimum atomic E-state index is -0.429. The molecule has 0 spiro atoms. The highest BCUT2D eigenvalue weighted by molar-refractivity contribution is 5.97. The Morgan fingerprint density at radius 1 is 1.33 bits per heavy atom. The maximum absolute atomic E-state index is 12.1. The van der Waals surface area contributed by atoms with Gasteiger partial charge in [-0.05, 0) is 32.0 Å². The maximum atomic E-state index is 12.1. The van der Waals surface area contributed by atoms with E-state index in [1.165, 1.54) is 0 Å². The highest BCUT2D eigenvalue weighted by Gasteiger charge is 2.21. The highest BCUT2D eigenvalue weighted by atomic mass is 16.5. The van der Waals surface area contributed by atoms with Gasteiger partial charge in [-0.3, -0.25) is 9.48 Å². The molecule has 0 bridgehead atoms. The quantitative estimate of drug-likeness (QED) is 0.942. The third-order valence-corrected chi connectivity index (χ3v) is 3.10. The van der Waals surface area contributed by atoms with Crippen molar-refractivity contribution in [1.29, 1.82) is 0 Å². The molecule has 1 aromatic carbocycles. The van der Waals surface area contributed by atoms with Crippen LogP contribution in [-0.2, 0) is 11.8 Å². The van der Waals surface area contributed by atoms with Gasteiger partial charge in [-0.25, -0.2) is 0 Å². The second-order valence-electron chi connectivity index (χ2n) is 6.53. The standard InChI is InChI=1S/C16H23N3O2/c1-10(2)21-14-12-9-11(17-15(20)16(3,4)5)7-8-13(12)19(6)18-14/h7-10H,1-6H3,(H,17,20). The molecule has 0 atom stereocenters. The lowest BCUT2D eigenvalue weighted by Crippen LogP contribution is -2.27. The number of rotatable bonds is 3. The smallest absolute Gasteiger partial charge is 0.241 e. The summed E-state index contributed by atoms with van der Waals surface area (Å²) in [6.45, 7) is 9.59. The maximum Gasteiger partial charge on any atom is 0.241 e. The first-order valence-corrected chi connectivity index (χ1v) is 7.13. The van der Waals surface area contributed by atoms with Crippen LogP contribution in [0.5, 0.6) is 5.88 Å². The van der Waals surface area contributed by atoms with E-state index in [9.17, 15) is 4.79 Å². The molecule has 1 amide bonds. The zero-order valence-electron chi connectivity index (χ0n) is 13.5. The minimum absolute atomic E-state index is 0.0166. The molecule has 0 unspecified atom stereocenters. The van der Waals surface area contributed by atoms with E-state index in [1.807, 2.05) is 59.9 Å². The number of hydrogen-bond donors (Lipinski definition) is 1. The van der Waals surface area contributed by atoms with Crippen LogP contribution in [0.4, 0.5) is 5.69 Å². The van der Waals surface area contributed by atoms with Crippen LogP contribution in [0.25, 0.3) is 10.9 Å². The first-order chi connectivity index (χ1) is 9.68. The molecule has 0 radical (unpaired) electrons. The summed E-state index contributed by atoms with van der Waals surface area (Å²) in [4.78, 5) is 12.1. The molecule has 1 aromatic heterocycles. The lowest BCUT2D eigenvalue weighted by Gasteiger charge is -2.17. The summed E-state index contributed by atoms with van der Waals surface area (Å²) >= 11 is 0. The van der Waals surface area contributed by atoms with E-state index in [2.05, 4.69) is 10.4 Å². The third-order valence-electron chi connectivity index (χ3n) is 3.10. The Balaban J connectivity index is 2.38. The van der Waals surface area contributed by atoms with Gasteiger partial charge in [0.2, 0.25) is 11.8 Å². The topological polar surface area (TPSA) is 56.1 Å². The summed E-state index contributed by atoms with van der Waals surface area (Å²) in [7, 11) is 1.88. The monoisotopic (exact) mass is 289 g/mol. The molecule has 0 saturated carbocycles. The SMILES string of the molecule is CC(C)Oc1nn(C)c2ccc(NC(=O)C(C)(C)C)cc12. The number of nitrogens with one attached hydrogen (secondary N) is 1. The van der Waals surface area contributed by atoms with Crippen LogP contribution < -0.4 is 10.1 Å². The predicted molar refractivity (Wildman–Crippen MR) is 84.6 cm³/mol. The largest absolute Gasteiger partial charge is 0.473 e. The molecule has 5 nitrogen and oxygen atoms in total. The Labute approximate surface area is 125 Å². The van der Waals surface area contributed by atoms with E-state index in [4.69, 9.17) is 4.74 Å². The van der Waals surface area contributed by atoms with Crippen molar-refractivity contribution in [3.05, 3.63) is 18.2 Å². The molecule has 0 aliphatic rings. The first kappa shape index (κ1) is 15.4. The lowest BCUT2D eigenvalue weighted by molar-refractivity contribution is -0.123. The predicted octanol–water partition coefficient (Wildman–Crippen LogP) is 3.35. The molecule has 2 rings (SSSR count). The molecule has 0 saturated heterocycles. The van der Waals surface area contributed by atoms with Crippen molar-refractivity contribution in [2.24, 2.45) is 12.5 Å². The third kappa shape index (κ3) is 3.35. The number of ether oxygens (including phenoxy) is 1. The number of nitrogens with zero attached hydrogens (tertiary/aromatic N) is 2. The number of anilines is 1. The number of carbonyl (C=O) groups is 1. The molecule has 114 valence electrons. The van der Waals surface area contributed by atoms with Gasteiger partial charge >= 0.3 is 0 Å². The van der Waals surface area contributed by atoms with Gasteiger partial charge < -0.3 is 10.1 Å². The van der Waals surface area contributed by atoms with Gasteiger partial charge in [-0.15, -0.1) is 5.10 Å². The summed E-state index contributed by atoms with van der Waals surface area (Å²) in [6.07, 6.45) is 0.0518. The van der Waals surface area contributed by atoms with Crippen LogP contribution >= 0.6 is 0 Å². The van der Waals surface area contributed by atoms with Gasteiger partial charge in [0.05, 0.1) is 17.0 Å². The number of carbonyl (C=O) groups excluding carboxylic acids is 1. The van der Waals surface area contributed by atoms with Gasteiger partial charge in [-0.1, -0.05) is 20.8 Å². The number of fused-ring (bicyclic) bond motifs is 1. The minimum Gasteiger partial charge on any atom is -0.473 e. The van der Waals surface area contributed by atoms with Gasteiger partial charge in [0.15, 0.2) is 0 Å². The molecule has 0 aliphatic heterocycles. The molecule has 1 heterocycles. The Hall–Kier alpha value is -2.04. The highest BCUT2D eigenvalue weighted by Crippen LogP contribution is 2.28. The fourth-order valence-electron chi connectivity index (χ4n) is 1.94. The molecule has 1 N–H and O–H groups in total. The van der Waals surface area contributed by atoms with Gasteiger partial charge in [-0.2, -0.15) is 0 Å². The summed E-state index contributed by atoms with van der Waals surface area (Å²) in [6, 6.07) is 5.73. The van der Waals surface area contributed by atoms with Crippen LogP contribution in [0.3, 0.4) is 0 Å². The Kier molecular flexibility index (Phi) is 3.94. The van der Waals surface area contributed by atoms with Crippen molar-refractivity contribution in [3.63, 3.8) is 0 Å². The number of amides is 1. The Morgan fingerprint density at radius 2 is 2.00 bits per heavy atom. The summed E-state index contributed by atoms with van der Waals surface area (Å²) < 4.78 is 7.51. The van der Waals surface area contributed by atoms with E-state index in [0.29, 0.717) is 5.88 Å². The average molecular weight is 289 g/mol. The van der Waals surface area contributed by atoms with Crippen LogP contribution in [-0.4, -0.2) is 21.8 Å². The van der Waals surface area contributed by atoms with E-state index < -0.39 is 5.41 Å². The van der Waals surface area contributed by atoms with Gasteiger partial charge in [0.1, 0.15) is 0 Å². The molecule has 2 aromatic rings. The fourth-order valence-corrected chi connectivity index (χ4v) is 1.94. The van der Waals surface area contributed by atoms with Crippen LogP contribution in [0.2, 0.25) is 0 Å². The second-order valence-corrected chi connectivity index (χ2v) is 6.53. The van der Waals surface area contributed by atoms with Crippen LogP contribution in [0, 0.1) is 5.41 Å². The van der Waals surface area contributed by atoms with Gasteiger partial charge in [0, 0.05) is 18.2 Å². The Morgan fingerprint density at radius 3 is 2.57 bits per heavy atom. The zero-order valence-corrected chi connectivity index (χ0v) is 13.5. The fraction of sp³-hybridized carbons (Fsp3) is 0.500. The summed E-state index contributed by atoms with van der Waals surface area (Å²) in [5.74, 6) is 0.575. The van der Waals surface area contributed by atoms with E-state index >= 15 is 0 Å². The van der Waals surface area contributed by atoms with Crippen LogP contribution in [0.1, 0.15) is 34.6 Å². The molecular weight excluding hydrogens is 266 g/mol. The molecule has 0 fully saturated rings. The van der Waals surface area contributed by atoms with Crippen molar-refractivity contribution in [2.45, 2.75) is 40.7 Å². The van der Waals surface area contributed by atoms with Crippen molar-refractivity contribution in [3.8, 4) is 5.88 Å². The number of aromatic nitrogens is 2. The van der Waals surface area contributed by atoms with Crippen molar-refractivity contribution >= 4 is 22.5 Å². The van der Waals surface area contributed by atoms with E-state index in [-0.39, 0.29) is 12.0 Å². The molecule has 5 heteroatoms. The Bertz CT molecular complexity index is 666. The van der Waals surface area contributed by atoms with Crippen molar-refractivity contribution in [1.82, 2.24) is 9.78 Å². The zero-order chi connectivity index (χ0) is 15.8. The van der Waals surface area contributed by atoms with Gasteiger partial charge in [0.25, 0.3) is 0 Å². The van der Waals surface area contributed by atoms with Crippen molar-refractivity contribution in [2.75, 3.05) is 5.32 Å². The number of benzene rings is 1. The normalized spacial score (nSPS) is 12.0. The average Bonchev–Trinajstić information content (AvgIpc) is 2.64. The first-order valence-electron chi connectivity index (χ1n) is 7.13. The number of aryl methyl sites for hydroxylation is 1. The molecule has 0 aliphatic carbocycles.